The van der Waals surface area contributed by atoms with Crippen LogP contribution in [-0.2, 0) is 0 Å². The first-order valence-electron chi connectivity index (χ1n) is 4.35. The van der Waals surface area contributed by atoms with Gasteiger partial charge in [0, 0.05) is 5.69 Å². The Hall–Kier alpha value is -1.10. The third kappa shape index (κ3) is 2.52. The van der Waals surface area contributed by atoms with Crippen LogP contribution >= 0.6 is 35.0 Å². The Morgan fingerprint density at radius 1 is 1.19 bits per heavy atom. The van der Waals surface area contributed by atoms with Crippen LogP contribution in [0.5, 0.6) is 0 Å². The van der Waals surface area contributed by atoms with Crippen LogP contribution in [0.25, 0.3) is 0 Å². The van der Waals surface area contributed by atoms with E-state index in [2.05, 4.69) is 15.8 Å². The molecule has 4 nitrogen and oxygen atoms in total. The molecule has 1 aromatic carbocycles. The number of anilines is 1. The maximum atomic E-state index is 5.94. The summed E-state index contributed by atoms with van der Waals surface area (Å²) in [6.07, 6.45) is 0. The first kappa shape index (κ1) is 11.4. The summed E-state index contributed by atoms with van der Waals surface area (Å²) in [4.78, 5) is 0. The van der Waals surface area contributed by atoms with Crippen LogP contribution in [0.15, 0.2) is 46.3 Å². The fourth-order valence-corrected chi connectivity index (χ4v) is 1.88. The van der Waals surface area contributed by atoms with Crippen molar-refractivity contribution in [2.24, 2.45) is 5.10 Å². The summed E-state index contributed by atoms with van der Waals surface area (Å²) in [5.74, 6) is 0. The topological polar surface area (TPSA) is 39.7 Å². The molecule has 0 bridgehead atoms. The van der Waals surface area contributed by atoms with Gasteiger partial charge in [0.15, 0.2) is 5.17 Å². The highest BCUT2D eigenvalue weighted by Crippen LogP contribution is 2.20. The van der Waals surface area contributed by atoms with E-state index in [0.29, 0.717) is 5.70 Å². The number of benzene rings is 1. The highest BCUT2D eigenvalue weighted by atomic mass is 35.5. The minimum absolute atomic E-state index is 0.183. The lowest BCUT2D eigenvalue weighted by Gasteiger charge is -2.21. The SMILES string of the molecule is ClC1=NN(Cl)NC(Cl)=C1Nc1ccccc1. The Morgan fingerprint density at radius 3 is 2.50 bits per heavy atom. The summed E-state index contributed by atoms with van der Waals surface area (Å²) < 4.78 is 0.918. The van der Waals surface area contributed by atoms with Crippen molar-refractivity contribution in [2.75, 3.05) is 5.32 Å². The maximum Gasteiger partial charge on any atom is 0.179 e. The number of nitrogens with one attached hydrogen (secondary N) is 2. The first-order valence-corrected chi connectivity index (χ1v) is 5.45. The highest BCUT2D eigenvalue weighted by Gasteiger charge is 2.18. The van der Waals surface area contributed by atoms with Crippen LogP contribution in [-0.4, -0.2) is 9.81 Å². The molecule has 1 aromatic rings. The molecule has 0 amide bonds. The number of nitrogens with zero attached hydrogens (tertiary/aromatic N) is 2. The number of hydrogen-bond donors (Lipinski definition) is 2. The molecule has 0 fully saturated rings. The Labute approximate surface area is 108 Å². The molecule has 7 heteroatoms. The van der Waals surface area contributed by atoms with Crippen LogP contribution in [0.1, 0.15) is 0 Å². The van der Waals surface area contributed by atoms with Crippen LogP contribution in [0, 0.1) is 0 Å². The van der Waals surface area contributed by atoms with Crippen molar-refractivity contribution in [3.8, 4) is 0 Å². The average Bonchev–Trinajstić information content (AvgIpc) is 2.25. The number of allylic oxidation sites excluding steroid dienone is 1. The van der Waals surface area contributed by atoms with E-state index in [4.69, 9.17) is 35.0 Å². The van der Waals surface area contributed by atoms with E-state index < -0.39 is 0 Å². The van der Waals surface area contributed by atoms with Gasteiger partial charge in [-0.05, 0) is 12.1 Å². The summed E-state index contributed by atoms with van der Waals surface area (Å²) in [7, 11) is 0. The number of para-hydroxylation sites is 1. The molecule has 0 unspecified atom stereocenters. The fourth-order valence-electron chi connectivity index (χ4n) is 1.15. The number of hydrazone groups is 1. The Morgan fingerprint density at radius 2 is 1.88 bits per heavy atom. The standard InChI is InChI=1S/C9H7Cl3N4/c10-8-7(9(11)15-16(12)14-8)13-6-4-2-1-3-5-6/h1-5,13-14H. The van der Waals surface area contributed by atoms with Gasteiger partial charge in [-0.2, -0.15) is 0 Å². The smallest absolute Gasteiger partial charge is 0.179 e. The van der Waals surface area contributed by atoms with Crippen molar-refractivity contribution < 1.29 is 0 Å². The molecule has 16 heavy (non-hydrogen) atoms. The minimum atomic E-state index is 0.183. The molecule has 2 rings (SSSR count). The molecule has 0 atom stereocenters. The van der Waals surface area contributed by atoms with E-state index in [1.165, 1.54) is 0 Å². The lowest BCUT2D eigenvalue weighted by atomic mass is 10.3. The van der Waals surface area contributed by atoms with E-state index in [1.807, 2.05) is 30.3 Å². The molecule has 1 aliphatic rings. The maximum absolute atomic E-state index is 5.94. The van der Waals surface area contributed by atoms with Crippen LogP contribution in [0.2, 0.25) is 0 Å². The van der Waals surface area contributed by atoms with E-state index in [-0.39, 0.29) is 10.3 Å². The molecule has 0 spiro atoms. The van der Waals surface area contributed by atoms with Crippen LogP contribution in [0.4, 0.5) is 5.69 Å². The molecular formula is C9H7Cl3N4. The molecule has 84 valence electrons. The van der Waals surface area contributed by atoms with E-state index in [0.717, 1.165) is 10.3 Å². The number of hydrogen-bond acceptors (Lipinski definition) is 4. The first-order chi connectivity index (χ1) is 7.66. The van der Waals surface area contributed by atoms with Gasteiger partial charge < -0.3 is 5.32 Å². The zero-order valence-corrected chi connectivity index (χ0v) is 10.2. The summed E-state index contributed by atoms with van der Waals surface area (Å²) in [6.45, 7) is 0. The number of hydrazine groups is 1. The number of halogens is 3. The second-order valence-corrected chi connectivity index (χ2v) is 4.00. The predicted molar refractivity (Wildman–Crippen MR) is 67.1 cm³/mol. The summed E-state index contributed by atoms with van der Waals surface area (Å²) in [6, 6.07) is 9.47. The second kappa shape index (κ2) is 4.82. The molecule has 1 aliphatic heterocycles. The van der Waals surface area contributed by atoms with Crippen molar-refractivity contribution in [2.45, 2.75) is 0 Å². The summed E-state index contributed by atoms with van der Waals surface area (Å²) in [5.41, 5.74) is 3.92. The molecule has 1 heterocycles. The highest BCUT2D eigenvalue weighted by molar-refractivity contribution is 6.70. The van der Waals surface area contributed by atoms with Crippen molar-refractivity contribution in [3.05, 3.63) is 41.2 Å². The van der Waals surface area contributed by atoms with Gasteiger partial charge >= 0.3 is 0 Å². The van der Waals surface area contributed by atoms with Gasteiger partial charge in [0.25, 0.3) is 0 Å². The molecular weight excluding hydrogens is 270 g/mol. The Bertz CT molecular complexity index is 443. The van der Waals surface area contributed by atoms with Gasteiger partial charge in [-0.3, -0.25) is 5.43 Å². The number of rotatable bonds is 2. The monoisotopic (exact) mass is 276 g/mol. The van der Waals surface area contributed by atoms with Crippen molar-refractivity contribution in [1.29, 1.82) is 0 Å². The van der Waals surface area contributed by atoms with Gasteiger partial charge in [-0.1, -0.05) is 41.4 Å². The largest absolute Gasteiger partial charge is 0.350 e. The van der Waals surface area contributed by atoms with Crippen molar-refractivity contribution in [1.82, 2.24) is 10.1 Å². The average molecular weight is 278 g/mol. The Balaban J connectivity index is 2.22. The molecule has 2 N–H and O–H groups in total. The van der Waals surface area contributed by atoms with Crippen molar-refractivity contribution >= 4 is 45.8 Å². The van der Waals surface area contributed by atoms with E-state index in [9.17, 15) is 0 Å². The van der Waals surface area contributed by atoms with Gasteiger partial charge in [0.05, 0.1) is 11.8 Å². The van der Waals surface area contributed by atoms with Crippen LogP contribution < -0.4 is 10.7 Å². The van der Waals surface area contributed by atoms with E-state index in [1.54, 1.807) is 0 Å². The van der Waals surface area contributed by atoms with Gasteiger partial charge in [0.2, 0.25) is 0 Å². The quantitative estimate of drug-likeness (QED) is 0.645. The predicted octanol–water partition coefficient (Wildman–Crippen LogP) is 3.03. The molecule has 0 saturated carbocycles. The molecule has 0 saturated heterocycles. The van der Waals surface area contributed by atoms with Gasteiger partial charge in [-0.15, -0.1) is 9.74 Å². The normalized spacial score (nSPS) is 15.7. The Kier molecular flexibility index (Phi) is 3.43. The zero-order chi connectivity index (χ0) is 11.5. The van der Waals surface area contributed by atoms with Crippen LogP contribution in [0.3, 0.4) is 0 Å². The lowest BCUT2D eigenvalue weighted by molar-refractivity contribution is 0.404. The summed E-state index contributed by atoms with van der Waals surface area (Å²) in [5, 5.41) is 7.27. The summed E-state index contributed by atoms with van der Waals surface area (Å²) >= 11 is 17.4. The third-order valence-corrected chi connectivity index (χ3v) is 2.53. The van der Waals surface area contributed by atoms with E-state index >= 15 is 0 Å². The molecule has 0 aliphatic carbocycles. The zero-order valence-electron chi connectivity index (χ0n) is 7.92. The molecule has 0 radical (unpaired) electrons. The minimum Gasteiger partial charge on any atom is -0.350 e. The second-order valence-electron chi connectivity index (χ2n) is 2.94. The fraction of sp³-hybridized carbons (Fsp3) is 0. The van der Waals surface area contributed by atoms with Crippen molar-refractivity contribution in [3.63, 3.8) is 0 Å². The van der Waals surface area contributed by atoms with Gasteiger partial charge in [-0.25, -0.2) is 0 Å². The molecule has 0 aromatic heterocycles. The van der Waals surface area contributed by atoms with Gasteiger partial charge in [0.1, 0.15) is 10.9 Å². The lowest BCUT2D eigenvalue weighted by Crippen LogP contribution is -2.31. The third-order valence-electron chi connectivity index (χ3n) is 1.83.